The molecule has 0 saturated carbocycles. The molecule has 2 aromatic heterocycles. The van der Waals surface area contributed by atoms with Crippen LogP contribution in [0.25, 0.3) is 11.2 Å². The van der Waals surface area contributed by atoms with Gasteiger partial charge in [-0.15, -0.1) is 5.10 Å². The first-order chi connectivity index (χ1) is 11.3. The molecule has 6 heteroatoms. The molecule has 0 aliphatic carbocycles. The smallest absolute Gasteiger partial charge is 0.184 e. The number of anilines is 1. The summed E-state index contributed by atoms with van der Waals surface area (Å²) in [6.45, 7) is 5.01. The number of benzene rings is 1. The molecule has 1 fully saturated rings. The van der Waals surface area contributed by atoms with Crippen LogP contribution >= 0.6 is 0 Å². The van der Waals surface area contributed by atoms with Crippen molar-refractivity contribution in [1.29, 1.82) is 0 Å². The summed E-state index contributed by atoms with van der Waals surface area (Å²) in [5.41, 5.74) is 2.79. The van der Waals surface area contributed by atoms with Crippen molar-refractivity contribution in [1.82, 2.24) is 25.0 Å². The van der Waals surface area contributed by atoms with Gasteiger partial charge in [0.15, 0.2) is 17.0 Å². The lowest BCUT2D eigenvalue weighted by atomic mass is 10.0. The molecule has 1 saturated heterocycles. The molecule has 0 N–H and O–H groups in total. The maximum Gasteiger partial charge on any atom is 0.184 e. The standard InChI is InChI=1S/C17H20N6/c1-13-6-5-9-22(10-13)16-15-17(19-12-18-16)23(21-20-15)11-14-7-3-2-4-8-14/h2-4,7-8,12-13H,5-6,9-11H2,1H3/t13-/m1/s1. The number of hydrogen-bond donors (Lipinski definition) is 0. The minimum Gasteiger partial charge on any atom is -0.354 e. The van der Waals surface area contributed by atoms with Crippen molar-refractivity contribution in [3.63, 3.8) is 0 Å². The van der Waals surface area contributed by atoms with E-state index in [9.17, 15) is 0 Å². The summed E-state index contributed by atoms with van der Waals surface area (Å²) in [4.78, 5) is 11.2. The van der Waals surface area contributed by atoms with Gasteiger partial charge in [-0.1, -0.05) is 42.5 Å². The highest BCUT2D eigenvalue weighted by Crippen LogP contribution is 2.25. The normalized spacial score (nSPS) is 18.5. The van der Waals surface area contributed by atoms with Crippen LogP contribution < -0.4 is 4.90 Å². The highest BCUT2D eigenvalue weighted by Gasteiger charge is 2.22. The van der Waals surface area contributed by atoms with Crippen molar-refractivity contribution in [2.75, 3.05) is 18.0 Å². The Hall–Kier alpha value is -2.50. The molecule has 0 bridgehead atoms. The maximum absolute atomic E-state index is 4.48. The second-order valence-electron chi connectivity index (χ2n) is 6.30. The van der Waals surface area contributed by atoms with Gasteiger partial charge in [-0.05, 0) is 24.3 Å². The highest BCUT2D eigenvalue weighted by molar-refractivity contribution is 5.82. The molecular formula is C17H20N6. The molecule has 23 heavy (non-hydrogen) atoms. The Kier molecular flexibility index (Phi) is 3.65. The minimum atomic E-state index is 0.671. The van der Waals surface area contributed by atoms with Crippen LogP contribution in [-0.4, -0.2) is 38.1 Å². The second-order valence-corrected chi connectivity index (χ2v) is 6.30. The van der Waals surface area contributed by atoms with E-state index in [0.29, 0.717) is 12.5 Å². The van der Waals surface area contributed by atoms with E-state index in [1.165, 1.54) is 18.4 Å². The molecule has 1 aliphatic rings. The van der Waals surface area contributed by atoms with Crippen LogP contribution in [0.3, 0.4) is 0 Å². The molecule has 1 aliphatic heterocycles. The van der Waals surface area contributed by atoms with E-state index in [-0.39, 0.29) is 0 Å². The highest BCUT2D eigenvalue weighted by atomic mass is 15.4. The van der Waals surface area contributed by atoms with Gasteiger partial charge < -0.3 is 4.90 Å². The monoisotopic (exact) mass is 308 g/mol. The predicted molar refractivity (Wildman–Crippen MR) is 89.3 cm³/mol. The Balaban J connectivity index is 1.69. The third-order valence-corrected chi connectivity index (χ3v) is 4.41. The van der Waals surface area contributed by atoms with Gasteiger partial charge in [0.25, 0.3) is 0 Å². The van der Waals surface area contributed by atoms with Crippen LogP contribution in [0.15, 0.2) is 36.7 Å². The summed E-state index contributed by atoms with van der Waals surface area (Å²) in [7, 11) is 0. The van der Waals surface area contributed by atoms with Crippen LogP contribution in [0.5, 0.6) is 0 Å². The van der Waals surface area contributed by atoms with E-state index in [2.05, 4.69) is 44.2 Å². The topological polar surface area (TPSA) is 59.7 Å². The van der Waals surface area contributed by atoms with E-state index in [0.717, 1.165) is 30.1 Å². The van der Waals surface area contributed by atoms with Gasteiger partial charge in [0.05, 0.1) is 6.54 Å². The number of aromatic nitrogens is 5. The first kappa shape index (κ1) is 14.1. The SMILES string of the molecule is C[C@@H]1CCCN(c2ncnc3c2nnn3Cc2ccccc2)C1. The number of piperidine rings is 1. The Morgan fingerprint density at radius 1 is 1.17 bits per heavy atom. The Bertz CT molecular complexity index is 797. The quantitative estimate of drug-likeness (QED) is 0.744. The summed E-state index contributed by atoms with van der Waals surface area (Å²) >= 11 is 0. The largest absolute Gasteiger partial charge is 0.354 e. The van der Waals surface area contributed by atoms with Crippen LogP contribution in [-0.2, 0) is 6.54 Å². The van der Waals surface area contributed by atoms with Gasteiger partial charge in [0, 0.05) is 13.1 Å². The van der Waals surface area contributed by atoms with E-state index in [1.54, 1.807) is 6.33 Å². The summed E-state index contributed by atoms with van der Waals surface area (Å²) in [5.74, 6) is 1.61. The summed E-state index contributed by atoms with van der Waals surface area (Å²) in [6.07, 6.45) is 4.11. The molecule has 6 nitrogen and oxygen atoms in total. The zero-order valence-corrected chi connectivity index (χ0v) is 13.3. The first-order valence-corrected chi connectivity index (χ1v) is 8.14. The van der Waals surface area contributed by atoms with Crippen molar-refractivity contribution in [3.8, 4) is 0 Å². The zero-order chi connectivity index (χ0) is 15.6. The molecule has 0 amide bonds. The van der Waals surface area contributed by atoms with Gasteiger partial charge in [0.2, 0.25) is 0 Å². The van der Waals surface area contributed by atoms with Gasteiger partial charge in [0.1, 0.15) is 6.33 Å². The van der Waals surface area contributed by atoms with Crippen molar-refractivity contribution >= 4 is 17.0 Å². The van der Waals surface area contributed by atoms with Gasteiger partial charge in [-0.3, -0.25) is 0 Å². The van der Waals surface area contributed by atoms with Crippen LogP contribution in [0, 0.1) is 5.92 Å². The molecule has 0 radical (unpaired) electrons. The summed E-state index contributed by atoms with van der Waals surface area (Å²) < 4.78 is 1.85. The third kappa shape index (κ3) is 2.76. The number of rotatable bonds is 3. The van der Waals surface area contributed by atoms with Crippen LogP contribution in [0.1, 0.15) is 25.3 Å². The van der Waals surface area contributed by atoms with Crippen LogP contribution in [0.2, 0.25) is 0 Å². The lowest BCUT2D eigenvalue weighted by Crippen LogP contribution is -2.35. The fraction of sp³-hybridized carbons (Fsp3) is 0.412. The fourth-order valence-electron chi connectivity index (χ4n) is 3.26. The van der Waals surface area contributed by atoms with Crippen molar-refractivity contribution in [2.24, 2.45) is 5.92 Å². The molecule has 3 aromatic rings. The van der Waals surface area contributed by atoms with Crippen molar-refractivity contribution in [3.05, 3.63) is 42.2 Å². The molecule has 1 aromatic carbocycles. The van der Waals surface area contributed by atoms with Crippen molar-refractivity contribution in [2.45, 2.75) is 26.3 Å². The number of hydrogen-bond acceptors (Lipinski definition) is 5. The summed E-state index contributed by atoms with van der Waals surface area (Å²) in [6, 6.07) is 10.2. The Morgan fingerprint density at radius 3 is 2.87 bits per heavy atom. The first-order valence-electron chi connectivity index (χ1n) is 8.14. The van der Waals surface area contributed by atoms with Crippen LogP contribution in [0.4, 0.5) is 5.82 Å². The maximum atomic E-state index is 4.48. The molecule has 0 unspecified atom stereocenters. The van der Waals surface area contributed by atoms with E-state index in [4.69, 9.17) is 0 Å². The lowest BCUT2D eigenvalue weighted by Gasteiger charge is -2.31. The zero-order valence-electron chi connectivity index (χ0n) is 13.3. The predicted octanol–water partition coefficient (Wildman–Crippen LogP) is 2.51. The fourth-order valence-corrected chi connectivity index (χ4v) is 3.26. The van der Waals surface area contributed by atoms with Gasteiger partial charge in [-0.2, -0.15) is 0 Å². The Labute approximate surface area is 135 Å². The number of nitrogens with zero attached hydrogens (tertiary/aromatic N) is 6. The lowest BCUT2D eigenvalue weighted by molar-refractivity contribution is 0.445. The average molecular weight is 308 g/mol. The molecule has 1 atom stereocenters. The Morgan fingerprint density at radius 2 is 2.04 bits per heavy atom. The van der Waals surface area contributed by atoms with Gasteiger partial charge in [-0.25, -0.2) is 14.6 Å². The average Bonchev–Trinajstić information content (AvgIpc) is 2.99. The minimum absolute atomic E-state index is 0.671. The molecular weight excluding hydrogens is 288 g/mol. The van der Waals surface area contributed by atoms with E-state index < -0.39 is 0 Å². The molecule has 3 heterocycles. The third-order valence-electron chi connectivity index (χ3n) is 4.41. The van der Waals surface area contributed by atoms with E-state index in [1.807, 2.05) is 22.9 Å². The van der Waals surface area contributed by atoms with Gasteiger partial charge >= 0.3 is 0 Å². The molecule has 118 valence electrons. The second kappa shape index (κ2) is 5.95. The number of fused-ring (bicyclic) bond motifs is 1. The molecule has 4 rings (SSSR count). The van der Waals surface area contributed by atoms with E-state index >= 15 is 0 Å². The van der Waals surface area contributed by atoms with Crippen molar-refractivity contribution < 1.29 is 0 Å². The molecule has 0 spiro atoms. The summed E-state index contributed by atoms with van der Waals surface area (Å²) in [5, 5.41) is 8.66.